The normalized spacial score (nSPS) is 5.71. The average Bonchev–Trinajstić information content (AvgIpc) is 1.41. The number of hydrogen-bond donors (Lipinski definition) is 1. The van der Waals surface area contributed by atoms with Crippen LogP contribution in [0.1, 0.15) is 2.85 Å². The van der Waals surface area contributed by atoms with E-state index in [1.54, 1.807) is 0 Å². The van der Waals surface area contributed by atoms with Crippen LogP contribution in [-0.4, -0.2) is 29.7 Å². The van der Waals surface area contributed by atoms with Crippen LogP contribution in [0, 0.1) is 4.78 Å². The van der Waals surface area contributed by atoms with Crippen LogP contribution in [0.3, 0.4) is 0 Å². The summed E-state index contributed by atoms with van der Waals surface area (Å²) < 4.78 is 34.3. The molecule has 0 amide bonds. The Kier molecular flexibility index (Phi) is 35.7. The fraction of sp³-hybridized carbons (Fsp3) is 1.00. The molecule has 0 aromatic carbocycles. The van der Waals surface area contributed by atoms with E-state index in [-0.39, 0.29) is 25.9 Å². The van der Waals surface area contributed by atoms with Crippen LogP contribution in [0.25, 0.3) is 0 Å². The van der Waals surface area contributed by atoms with E-state index in [9.17, 15) is 13.2 Å². The minimum absolute atomic E-state index is 0. The maximum Gasteiger partial charge on any atom is 2.00 e. The summed E-state index contributed by atoms with van der Waals surface area (Å²) in [7, 11) is 0. The predicted molar refractivity (Wildman–Crippen MR) is 25.2 cm³/mol. The number of nitrogens with one attached hydrogen (secondary N) is 1. The van der Waals surface area contributed by atoms with E-state index in [4.69, 9.17) is 4.78 Å². The van der Waals surface area contributed by atoms with Crippen molar-refractivity contribution in [2.24, 2.45) is 0 Å². The van der Waals surface area contributed by atoms with Crippen molar-refractivity contribution in [3.63, 3.8) is 0 Å². The van der Waals surface area contributed by atoms with Gasteiger partial charge in [-0.1, -0.05) is 0 Å². The average molecular weight is 143 g/mol. The molecule has 0 aromatic heterocycles. The van der Waals surface area contributed by atoms with E-state index in [0.29, 0.717) is 0 Å². The first-order valence-corrected chi connectivity index (χ1v) is 1.27. The Morgan fingerprint density at radius 2 is 1.29 bits per heavy atom. The van der Waals surface area contributed by atoms with Gasteiger partial charge in [-0.05, 0) is 0 Å². The second-order valence-corrected chi connectivity index (χ2v) is 0.247. The third-order valence-electron chi connectivity index (χ3n) is 0. The molecule has 1 N–H and O–H groups in total. The van der Waals surface area contributed by atoms with Crippen molar-refractivity contribution in [2.45, 2.75) is 6.68 Å². The molecule has 7 heavy (non-hydrogen) atoms. The van der Waals surface area contributed by atoms with Gasteiger partial charge in [-0.2, -0.15) is 13.2 Å². The molecule has 0 aromatic rings. The third kappa shape index (κ3) is 415. The Balaban J connectivity index is -0.00000000990. The van der Waals surface area contributed by atoms with E-state index in [2.05, 4.69) is 12.4 Å². The summed E-state index contributed by atoms with van der Waals surface area (Å²) in [6, 6.07) is 0. The van der Waals surface area contributed by atoms with E-state index in [0.717, 1.165) is 0 Å². The molecule has 42 valence electrons. The third-order valence-corrected chi connectivity index (χ3v) is 0. The van der Waals surface area contributed by atoms with Gasteiger partial charge >= 0.3 is 29.7 Å². The van der Waals surface area contributed by atoms with E-state index in [1.165, 1.54) is 0 Å². The molecule has 0 fully saturated rings. The van der Waals surface area contributed by atoms with Gasteiger partial charge in [-0.15, -0.1) is 0 Å². The van der Waals surface area contributed by atoms with Gasteiger partial charge in [0.05, 0.1) is 0 Å². The van der Waals surface area contributed by atoms with Gasteiger partial charge in [0, 0.05) is 12.4 Å². The molecule has 0 saturated carbocycles. The van der Waals surface area contributed by atoms with Crippen molar-refractivity contribution in [2.75, 3.05) is 0 Å². The molecule has 0 heterocycles. The van der Waals surface area contributed by atoms with E-state index in [1.807, 2.05) is 0 Å². The van der Waals surface area contributed by atoms with Gasteiger partial charge in [-0.25, -0.2) is 4.78 Å². The van der Waals surface area contributed by atoms with Crippen LogP contribution in [0.4, 0.5) is 13.2 Å². The number of rotatable bonds is 0. The summed E-state index contributed by atoms with van der Waals surface area (Å²) in [6.45, 7) is -3.67. The van der Waals surface area contributed by atoms with Crippen molar-refractivity contribution in [1.29, 1.82) is 4.78 Å². The van der Waals surface area contributed by atoms with Gasteiger partial charge in [0.15, 0.2) is 0 Å². The van der Waals surface area contributed by atoms with Crippen LogP contribution >= 0.6 is 0 Å². The quantitative estimate of drug-likeness (QED) is 0.508. The van der Waals surface area contributed by atoms with Crippen LogP contribution in [0.5, 0.6) is 0 Å². The summed E-state index contributed by atoms with van der Waals surface area (Å²) in [5, 5.41) is 0. The maximum absolute atomic E-state index is 9.67. The predicted octanol–water partition coefficient (Wildman–Crippen LogP) is 1.32. The van der Waals surface area contributed by atoms with Crippen molar-refractivity contribution >= 4 is 35.5 Å². The minimum Gasteiger partial charge on any atom is -1.00 e. The molecule has 0 rings (SSSR count). The van der Waals surface area contributed by atoms with Crippen molar-refractivity contribution < 1.29 is 16.0 Å². The zero-order valence-electron chi connectivity index (χ0n) is 5.33. The summed E-state index contributed by atoms with van der Waals surface area (Å²) in [5.41, 5.74) is 0. The molecular weight excluding hydrogens is 139 g/mol. The van der Waals surface area contributed by atoms with E-state index < -0.39 is 6.68 Å². The molecule has 0 spiro atoms. The SMILES string of the molecule is FC(F)F.N=S.[H-].[H-].[Mg+2]. The summed E-state index contributed by atoms with van der Waals surface area (Å²) >= 11 is 3.33. The molecule has 0 aliphatic heterocycles. The van der Waals surface area contributed by atoms with Gasteiger partial charge in [0.25, 0.3) is 0 Å². The van der Waals surface area contributed by atoms with Gasteiger partial charge < -0.3 is 2.85 Å². The van der Waals surface area contributed by atoms with Crippen molar-refractivity contribution in [3.8, 4) is 0 Å². The Morgan fingerprint density at radius 3 is 1.29 bits per heavy atom. The fourth-order valence-electron chi connectivity index (χ4n) is 0. The Hall–Kier alpha value is 0.576. The maximum atomic E-state index is 9.67. The van der Waals surface area contributed by atoms with Gasteiger partial charge in [-0.3, -0.25) is 0 Å². The minimum atomic E-state index is -3.67. The summed E-state index contributed by atoms with van der Waals surface area (Å²) in [5.74, 6) is 0. The Labute approximate surface area is 63.4 Å². The van der Waals surface area contributed by atoms with Crippen molar-refractivity contribution in [1.82, 2.24) is 0 Å². The Morgan fingerprint density at radius 1 is 1.29 bits per heavy atom. The van der Waals surface area contributed by atoms with Crippen molar-refractivity contribution in [3.05, 3.63) is 0 Å². The van der Waals surface area contributed by atoms with E-state index >= 15 is 0 Å². The number of alkyl halides is 3. The van der Waals surface area contributed by atoms with Crippen LogP contribution < -0.4 is 0 Å². The summed E-state index contributed by atoms with van der Waals surface area (Å²) in [6.07, 6.45) is 0. The molecular formula is CH4F3MgNS. The molecule has 0 aliphatic rings. The standard InChI is InChI=1S/CHF3.Mg.HNS.2H/c2-1(3)4;;1-2;;/h1H;;1H;;/q;+2;;2*-1. The molecule has 0 unspecified atom stereocenters. The smallest absolute Gasteiger partial charge is 1.00 e. The van der Waals surface area contributed by atoms with Gasteiger partial charge in [0.2, 0.25) is 0 Å². The second kappa shape index (κ2) is 16.0. The molecule has 0 atom stereocenters. The summed E-state index contributed by atoms with van der Waals surface area (Å²) in [4.78, 5) is 0. The van der Waals surface area contributed by atoms with Crippen LogP contribution in [-0.2, 0) is 12.4 Å². The first kappa shape index (κ1) is 15.6. The second-order valence-electron chi connectivity index (χ2n) is 0.247. The molecule has 0 aliphatic carbocycles. The number of halogens is 3. The number of hydrogen-bond acceptors (Lipinski definition) is 2. The first-order chi connectivity index (χ1) is 2.73. The molecule has 6 heteroatoms. The molecule has 0 bridgehead atoms. The van der Waals surface area contributed by atoms with Crippen LogP contribution in [0.2, 0.25) is 0 Å². The monoisotopic (exact) mass is 143 g/mol. The zero-order valence-corrected chi connectivity index (χ0v) is 5.56. The largest absolute Gasteiger partial charge is 2.00 e. The topological polar surface area (TPSA) is 23.9 Å². The van der Waals surface area contributed by atoms with Gasteiger partial charge in [0.1, 0.15) is 0 Å². The van der Waals surface area contributed by atoms with Crippen LogP contribution in [0.15, 0.2) is 0 Å². The fourth-order valence-corrected chi connectivity index (χ4v) is 0. The zero-order chi connectivity index (χ0) is 5.58. The first-order valence-electron chi connectivity index (χ1n) is 0.859. The molecule has 0 radical (unpaired) electrons. The Bertz CT molecular complexity index is 33.0. The molecule has 0 saturated heterocycles. The molecule has 1 nitrogen and oxygen atoms in total.